The van der Waals surface area contributed by atoms with Crippen molar-refractivity contribution in [2.45, 2.75) is 76.9 Å². The average molecular weight is 287 g/mol. The van der Waals surface area contributed by atoms with E-state index in [1.165, 1.54) is 62.0 Å². The summed E-state index contributed by atoms with van der Waals surface area (Å²) in [6.07, 6.45) is 10.3. The summed E-state index contributed by atoms with van der Waals surface area (Å²) in [6.45, 7) is 3.23. The van der Waals surface area contributed by atoms with Crippen molar-refractivity contribution >= 4 is 5.82 Å². The number of aromatic nitrogens is 1. The molecule has 3 rings (SSSR count). The van der Waals surface area contributed by atoms with E-state index in [9.17, 15) is 0 Å². The maximum Gasteiger partial charge on any atom is 0.129 e. The Balaban J connectivity index is 1.75. The summed E-state index contributed by atoms with van der Waals surface area (Å²) < 4.78 is 0. The largest absolute Gasteiger partial charge is 0.357 e. The van der Waals surface area contributed by atoms with Crippen LogP contribution in [0.2, 0.25) is 0 Å². The van der Waals surface area contributed by atoms with Crippen molar-refractivity contribution in [1.29, 1.82) is 0 Å². The van der Waals surface area contributed by atoms with Gasteiger partial charge in [0.2, 0.25) is 0 Å². The molecule has 3 nitrogen and oxygen atoms in total. The predicted octanol–water partition coefficient (Wildman–Crippen LogP) is 3.66. The molecule has 2 saturated carbocycles. The summed E-state index contributed by atoms with van der Waals surface area (Å²) in [5.41, 5.74) is 2.66. The van der Waals surface area contributed by atoms with E-state index in [0.717, 1.165) is 19.0 Å². The molecule has 2 aliphatic carbocycles. The molecule has 21 heavy (non-hydrogen) atoms. The smallest absolute Gasteiger partial charge is 0.129 e. The lowest BCUT2D eigenvalue weighted by Gasteiger charge is -2.26. The van der Waals surface area contributed by atoms with Crippen LogP contribution in [-0.2, 0) is 13.0 Å². The van der Waals surface area contributed by atoms with Gasteiger partial charge >= 0.3 is 0 Å². The van der Waals surface area contributed by atoms with E-state index in [4.69, 9.17) is 4.98 Å². The molecular formula is C18H29N3. The number of hydrogen-bond acceptors (Lipinski definition) is 3. The molecule has 0 amide bonds. The van der Waals surface area contributed by atoms with E-state index in [2.05, 4.69) is 36.3 Å². The van der Waals surface area contributed by atoms with Crippen LogP contribution < -0.4 is 10.2 Å². The molecule has 0 spiro atoms. The van der Waals surface area contributed by atoms with E-state index >= 15 is 0 Å². The van der Waals surface area contributed by atoms with Gasteiger partial charge in [0.05, 0.1) is 0 Å². The van der Waals surface area contributed by atoms with Crippen molar-refractivity contribution in [3.05, 3.63) is 23.4 Å². The summed E-state index contributed by atoms with van der Waals surface area (Å²) in [7, 11) is 2.23. The molecular weight excluding hydrogens is 258 g/mol. The Labute approximate surface area is 129 Å². The normalized spacial score (nSPS) is 19.1. The molecule has 0 atom stereocenters. The van der Waals surface area contributed by atoms with Crippen LogP contribution >= 0.6 is 0 Å². The number of hydrogen-bond donors (Lipinski definition) is 1. The van der Waals surface area contributed by atoms with E-state index in [0.29, 0.717) is 6.04 Å². The van der Waals surface area contributed by atoms with Crippen molar-refractivity contribution in [2.24, 2.45) is 0 Å². The van der Waals surface area contributed by atoms with Crippen molar-refractivity contribution in [1.82, 2.24) is 10.3 Å². The zero-order chi connectivity index (χ0) is 14.7. The van der Waals surface area contributed by atoms with Gasteiger partial charge in [0.25, 0.3) is 0 Å². The number of rotatable bonds is 7. The fraction of sp³-hybridized carbons (Fsp3) is 0.722. The summed E-state index contributed by atoms with van der Waals surface area (Å²) in [4.78, 5) is 7.33. The van der Waals surface area contributed by atoms with Gasteiger partial charge in [-0.2, -0.15) is 0 Å². The van der Waals surface area contributed by atoms with E-state index in [1.807, 2.05) is 0 Å². The standard InChI is InChI=1S/C18H29N3/c1-3-6-16-11-14(13-19-15-9-10-15)12-18(20-16)21(2)17-7-4-5-8-17/h11-12,15,17,19H,3-10,13H2,1-2H3. The molecule has 1 aromatic heterocycles. The molecule has 0 bridgehead atoms. The zero-order valence-electron chi connectivity index (χ0n) is 13.6. The van der Waals surface area contributed by atoms with Crippen LogP contribution in [0.15, 0.2) is 12.1 Å². The summed E-state index contributed by atoms with van der Waals surface area (Å²) in [6, 6.07) is 6.06. The summed E-state index contributed by atoms with van der Waals surface area (Å²) in [5.74, 6) is 1.18. The van der Waals surface area contributed by atoms with Gasteiger partial charge in [0, 0.05) is 31.4 Å². The number of pyridine rings is 1. The molecule has 0 saturated heterocycles. The summed E-state index contributed by atoms with van der Waals surface area (Å²) >= 11 is 0. The Morgan fingerprint density at radius 2 is 1.95 bits per heavy atom. The van der Waals surface area contributed by atoms with Crippen molar-refractivity contribution < 1.29 is 0 Å². The van der Waals surface area contributed by atoms with Crippen LogP contribution in [0.5, 0.6) is 0 Å². The third kappa shape index (κ3) is 3.97. The first-order valence-corrected chi connectivity index (χ1v) is 8.72. The van der Waals surface area contributed by atoms with Gasteiger partial charge in [-0.15, -0.1) is 0 Å². The molecule has 2 fully saturated rings. The van der Waals surface area contributed by atoms with Crippen LogP contribution in [0.1, 0.15) is 63.1 Å². The van der Waals surface area contributed by atoms with Crippen LogP contribution in [0, 0.1) is 0 Å². The molecule has 1 aromatic rings. The van der Waals surface area contributed by atoms with Gasteiger partial charge in [-0.3, -0.25) is 0 Å². The quantitative estimate of drug-likeness (QED) is 0.829. The molecule has 3 heteroatoms. The SMILES string of the molecule is CCCc1cc(CNC2CC2)cc(N(C)C2CCCC2)n1. The maximum atomic E-state index is 4.91. The minimum atomic E-state index is 0.693. The highest BCUT2D eigenvalue weighted by Crippen LogP contribution is 2.27. The second-order valence-electron chi connectivity index (χ2n) is 6.78. The number of aryl methyl sites for hydroxylation is 1. The zero-order valence-corrected chi connectivity index (χ0v) is 13.6. The lowest BCUT2D eigenvalue weighted by Crippen LogP contribution is -2.30. The Morgan fingerprint density at radius 3 is 2.62 bits per heavy atom. The second-order valence-corrected chi connectivity index (χ2v) is 6.78. The summed E-state index contributed by atoms with van der Waals surface area (Å²) in [5, 5.41) is 3.63. The van der Waals surface area contributed by atoms with Crippen LogP contribution in [0.25, 0.3) is 0 Å². The van der Waals surface area contributed by atoms with Crippen LogP contribution in [-0.4, -0.2) is 24.1 Å². The number of nitrogens with one attached hydrogen (secondary N) is 1. The minimum absolute atomic E-state index is 0.693. The van der Waals surface area contributed by atoms with Gasteiger partial charge < -0.3 is 10.2 Å². The van der Waals surface area contributed by atoms with Crippen molar-refractivity contribution in [3.8, 4) is 0 Å². The van der Waals surface area contributed by atoms with E-state index < -0.39 is 0 Å². The van der Waals surface area contributed by atoms with Gasteiger partial charge in [-0.25, -0.2) is 4.98 Å². The molecule has 1 heterocycles. The lowest BCUT2D eigenvalue weighted by molar-refractivity contribution is 0.641. The molecule has 1 N–H and O–H groups in total. The highest BCUT2D eigenvalue weighted by Gasteiger charge is 2.22. The van der Waals surface area contributed by atoms with Crippen molar-refractivity contribution in [2.75, 3.05) is 11.9 Å². The van der Waals surface area contributed by atoms with Gasteiger partial charge in [-0.05, 0) is 49.8 Å². The number of nitrogens with zero attached hydrogens (tertiary/aromatic N) is 2. The molecule has 0 aliphatic heterocycles. The van der Waals surface area contributed by atoms with Gasteiger partial charge in [0.15, 0.2) is 0 Å². The van der Waals surface area contributed by atoms with Gasteiger partial charge in [-0.1, -0.05) is 26.2 Å². The molecule has 116 valence electrons. The highest BCUT2D eigenvalue weighted by molar-refractivity contribution is 5.43. The number of anilines is 1. The Kier molecular flexibility index (Phi) is 4.79. The van der Waals surface area contributed by atoms with Gasteiger partial charge in [0.1, 0.15) is 5.82 Å². The first kappa shape index (κ1) is 14.8. The molecule has 0 aromatic carbocycles. The minimum Gasteiger partial charge on any atom is -0.357 e. The van der Waals surface area contributed by atoms with Crippen molar-refractivity contribution in [3.63, 3.8) is 0 Å². The first-order valence-electron chi connectivity index (χ1n) is 8.72. The van der Waals surface area contributed by atoms with E-state index in [1.54, 1.807) is 0 Å². The second kappa shape index (κ2) is 6.78. The fourth-order valence-electron chi connectivity index (χ4n) is 3.33. The Morgan fingerprint density at radius 1 is 1.19 bits per heavy atom. The third-order valence-corrected chi connectivity index (χ3v) is 4.84. The van der Waals surface area contributed by atoms with Crippen LogP contribution in [0.3, 0.4) is 0 Å². The highest BCUT2D eigenvalue weighted by atomic mass is 15.2. The maximum absolute atomic E-state index is 4.91. The monoisotopic (exact) mass is 287 g/mol. The average Bonchev–Trinajstić information content (AvgIpc) is 3.16. The molecule has 0 unspecified atom stereocenters. The first-order chi connectivity index (χ1) is 10.3. The van der Waals surface area contributed by atoms with Crippen LogP contribution in [0.4, 0.5) is 5.82 Å². The van der Waals surface area contributed by atoms with E-state index in [-0.39, 0.29) is 0 Å². The fourth-order valence-corrected chi connectivity index (χ4v) is 3.33. The lowest BCUT2D eigenvalue weighted by atomic mass is 10.1. The molecule has 2 aliphatic rings. The topological polar surface area (TPSA) is 28.2 Å². The molecule has 0 radical (unpaired) electrons. The predicted molar refractivity (Wildman–Crippen MR) is 88.8 cm³/mol. The Hall–Kier alpha value is -1.09. The Bertz CT molecular complexity index is 462. The third-order valence-electron chi connectivity index (χ3n) is 4.84.